The second-order valence-corrected chi connectivity index (χ2v) is 5.25. The standard InChI is InChI=1S/C13H20N4O2S/c1-20-8-5-13(18)17(7-4-12(14)16-19)10-11-3-2-6-15-9-11/h2-3,6,9,19H,4-5,7-8,10H2,1H3,(H2,14,16). The number of nitrogens with two attached hydrogens (primary N) is 1. The molecule has 0 saturated carbocycles. The van der Waals surface area contributed by atoms with Crippen LogP contribution in [-0.4, -0.2) is 45.4 Å². The quantitative estimate of drug-likeness (QED) is 0.326. The summed E-state index contributed by atoms with van der Waals surface area (Å²) in [7, 11) is 0. The number of hydrogen-bond acceptors (Lipinski definition) is 5. The molecule has 20 heavy (non-hydrogen) atoms. The minimum atomic E-state index is 0.0638. The molecule has 0 aliphatic rings. The number of carbonyl (C=O) groups excluding carboxylic acids is 1. The number of pyridine rings is 1. The first-order valence-electron chi connectivity index (χ1n) is 6.29. The van der Waals surface area contributed by atoms with Gasteiger partial charge in [-0.1, -0.05) is 11.2 Å². The molecule has 1 amide bonds. The van der Waals surface area contributed by atoms with Crippen molar-refractivity contribution in [3.8, 4) is 0 Å². The molecule has 7 heteroatoms. The van der Waals surface area contributed by atoms with Gasteiger partial charge in [-0.3, -0.25) is 9.78 Å². The molecule has 1 aromatic heterocycles. The molecular weight excluding hydrogens is 276 g/mol. The number of carbonyl (C=O) groups is 1. The van der Waals surface area contributed by atoms with Crippen LogP contribution in [0.4, 0.5) is 0 Å². The van der Waals surface area contributed by atoms with Gasteiger partial charge in [-0.2, -0.15) is 11.8 Å². The van der Waals surface area contributed by atoms with Gasteiger partial charge in [-0.05, 0) is 17.9 Å². The summed E-state index contributed by atoms with van der Waals surface area (Å²) in [5, 5.41) is 11.5. The Morgan fingerprint density at radius 3 is 2.95 bits per heavy atom. The third-order valence-corrected chi connectivity index (χ3v) is 3.35. The third kappa shape index (κ3) is 5.92. The van der Waals surface area contributed by atoms with Crippen molar-refractivity contribution in [3.63, 3.8) is 0 Å². The molecule has 1 rings (SSSR count). The van der Waals surface area contributed by atoms with E-state index in [4.69, 9.17) is 10.9 Å². The summed E-state index contributed by atoms with van der Waals surface area (Å²) >= 11 is 1.63. The van der Waals surface area contributed by atoms with Gasteiger partial charge in [0.2, 0.25) is 5.91 Å². The Kier molecular flexibility index (Phi) is 7.49. The molecule has 0 aliphatic heterocycles. The summed E-state index contributed by atoms with van der Waals surface area (Å²) < 4.78 is 0. The first kappa shape index (κ1) is 16.3. The van der Waals surface area contributed by atoms with Crippen LogP contribution in [0.3, 0.4) is 0 Å². The lowest BCUT2D eigenvalue weighted by Gasteiger charge is -2.22. The van der Waals surface area contributed by atoms with Crippen LogP contribution < -0.4 is 5.73 Å². The zero-order valence-electron chi connectivity index (χ0n) is 11.5. The van der Waals surface area contributed by atoms with Crippen molar-refractivity contribution in [2.24, 2.45) is 10.9 Å². The lowest BCUT2D eigenvalue weighted by atomic mass is 10.2. The fourth-order valence-corrected chi connectivity index (χ4v) is 2.03. The second kappa shape index (κ2) is 9.19. The molecule has 1 heterocycles. The van der Waals surface area contributed by atoms with Crippen LogP contribution in [0, 0.1) is 0 Å². The first-order chi connectivity index (χ1) is 9.67. The Bertz CT molecular complexity index is 439. The molecule has 0 fully saturated rings. The highest BCUT2D eigenvalue weighted by Crippen LogP contribution is 2.08. The van der Waals surface area contributed by atoms with Crippen molar-refractivity contribution in [2.75, 3.05) is 18.6 Å². The maximum absolute atomic E-state index is 12.2. The highest BCUT2D eigenvalue weighted by molar-refractivity contribution is 7.98. The van der Waals surface area contributed by atoms with Crippen LogP contribution in [0.25, 0.3) is 0 Å². The van der Waals surface area contributed by atoms with Crippen LogP contribution in [0.1, 0.15) is 18.4 Å². The number of rotatable bonds is 8. The Morgan fingerprint density at radius 2 is 2.35 bits per heavy atom. The van der Waals surface area contributed by atoms with Crippen LogP contribution in [0.5, 0.6) is 0 Å². The maximum Gasteiger partial charge on any atom is 0.223 e. The average Bonchev–Trinajstić information content (AvgIpc) is 2.49. The van der Waals surface area contributed by atoms with Gasteiger partial charge in [0.15, 0.2) is 0 Å². The third-order valence-electron chi connectivity index (χ3n) is 2.74. The van der Waals surface area contributed by atoms with Gasteiger partial charge < -0.3 is 15.8 Å². The number of amides is 1. The molecule has 0 aromatic carbocycles. The van der Waals surface area contributed by atoms with Gasteiger partial charge in [0.25, 0.3) is 0 Å². The molecule has 3 N–H and O–H groups in total. The largest absolute Gasteiger partial charge is 0.409 e. The lowest BCUT2D eigenvalue weighted by molar-refractivity contribution is -0.131. The van der Waals surface area contributed by atoms with E-state index in [1.807, 2.05) is 18.4 Å². The maximum atomic E-state index is 12.2. The minimum absolute atomic E-state index is 0.0638. The second-order valence-electron chi connectivity index (χ2n) is 4.26. The van der Waals surface area contributed by atoms with Crippen LogP contribution in [-0.2, 0) is 11.3 Å². The number of hydrogen-bond donors (Lipinski definition) is 2. The Balaban J connectivity index is 2.65. The smallest absolute Gasteiger partial charge is 0.223 e. The first-order valence-corrected chi connectivity index (χ1v) is 7.68. The minimum Gasteiger partial charge on any atom is -0.409 e. The van der Waals surface area contributed by atoms with E-state index in [1.54, 1.807) is 29.1 Å². The van der Waals surface area contributed by atoms with E-state index in [1.165, 1.54) is 0 Å². The number of oxime groups is 1. The molecule has 6 nitrogen and oxygen atoms in total. The summed E-state index contributed by atoms with van der Waals surface area (Å²) in [6.45, 7) is 0.914. The molecule has 0 aliphatic carbocycles. The van der Waals surface area contributed by atoms with E-state index in [-0.39, 0.29) is 11.7 Å². The van der Waals surface area contributed by atoms with Crippen molar-refractivity contribution >= 4 is 23.5 Å². The topological polar surface area (TPSA) is 91.8 Å². The van der Waals surface area contributed by atoms with E-state index >= 15 is 0 Å². The summed E-state index contributed by atoms with van der Waals surface area (Å²) in [5.74, 6) is 0.971. The van der Waals surface area contributed by atoms with E-state index < -0.39 is 0 Å². The predicted molar refractivity (Wildman–Crippen MR) is 80.7 cm³/mol. The zero-order chi connectivity index (χ0) is 14.8. The van der Waals surface area contributed by atoms with Crippen molar-refractivity contribution < 1.29 is 10.0 Å². The van der Waals surface area contributed by atoms with Crippen LogP contribution in [0.15, 0.2) is 29.7 Å². The lowest BCUT2D eigenvalue weighted by Crippen LogP contribution is -2.34. The van der Waals surface area contributed by atoms with Crippen LogP contribution in [0.2, 0.25) is 0 Å². The van der Waals surface area contributed by atoms with Crippen molar-refractivity contribution in [1.82, 2.24) is 9.88 Å². The summed E-state index contributed by atoms with van der Waals surface area (Å²) in [6, 6.07) is 3.76. The van der Waals surface area contributed by atoms with Gasteiger partial charge >= 0.3 is 0 Å². The van der Waals surface area contributed by atoms with Crippen LogP contribution >= 0.6 is 11.8 Å². The molecular formula is C13H20N4O2S. The van der Waals surface area contributed by atoms with E-state index in [9.17, 15) is 4.79 Å². The number of amidine groups is 1. The van der Waals surface area contributed by atoms with E-state index in [0.29, 0.717) is 25.9 Å². The predicted octanol–water partition coefficient (Wildman–Crippen LogP) is 1.30. The number of aromatic nitrogens is 1. The molecule has 110 valence electrons. The van der Waals surface area contributed by atoms with E-state index in [2.05, 4.69) is 10.1 Å². The van der Waals surface area contributed by atoms with Crippen molar-refractivity contribution in [2.45, 2.75) is 19.4 Å². The van der Waals surface area contributed by atoms with E-state index in [0.717, 1.165) is 11.3 Å². The monoisotopic (exact) mass is 296 g/mol. The molecule has 0 spiro atoms. The molecule has 0 radical (unpaired) electrons. The van der Waals surface area contributed by atoms with Gasteiger partial charge in [-0.15, -0.1) is 0 Å². The summed E-state index contributed by atoms with van der Waals surface area (Å²) in [5.41, 5.74) is 6.42. The average molecular weight is 296 g/mol. The molecule has 0 atom stereocenters. The SMILES string of the molecule is CSCCC(=O)N(CCC(N)=NO)Cc1cccnc1. The fourth-order valence-electron chi connectivity index (χ4n) is 1.65. The summed E-state index contributed by atoms with van der Waals surface area (Å²) in [4.78, 5) is 17.9. The Morgan fingerprint density at radius 1 is 1.55 bits per heavy atom. The normalized spacial score (nSPS) is 11.3. The molecule has 0 unspecified atom stereocenters. The van der Waals surface area contributed by atoms with Crippen molar-refractivity contribution in [1.29, 1.82) is 0 Å². The highest BCUT2D eigenvalue weighted by atomic mass is 32.2. The fraction of sp³-hybridized carbons (Fsp3) is 0.462. The highest BCUT2D eigenvalue weighted by Gasteiger charge is 2.14. The van der Waals surface area contributed by atoms with Gasteiger partial charge in [-0.25, -0.2) is 0 Å². The van der Waals surface area contributed by atoms with Crippen molar-refractivity contribution in [3.05, 3.63) is 30.1 Å². The van der Waals surface area contributed by atoms with Gasteiger partial charge in [0, 0.05) is 44.1 Å². The Hall–Kier alpha value is -1.76. The zero-order valence-corrected chi connectivity index (χ0v) is 12.3. The number of nitrogens with zero attached hydrogens (tertiary/aromatic N) is 3. The molecule has 0 saturated heterocycles. The van der Waals surface area contributed by atoms with Gasteiger partial charge in [0.05, 0.1) is 0 Å². The Labute approximate surface area is 123 Å². The van der Waals surface area contributed by atoms with Gasteiger partial charge in [0.1, 0.15) is 5.84 Å². The summed E-state index contributed by atoms with van der Waals surface area (Å²) in [6.07, 6.45) is 6.23. The molecule has 1 aromatic rings. The number of thioether (sulfide) groups is 1. The molecule has 0 bridgehead atoms.